The average Bonchev–Trinajstić information content (AvgIpc) is 2.38. The third-order valence-corrected chi connectivity index (χ3v) is 3.88. The van der Waals surface area contributed by atoms with Crippen molar-refractivity contribution in [3.8, 4) is 0 Å². The molecule has 1 saturated heterocycles. The van der Waals surface area contributed by atoms with E-state index in [0.29, 0.717) is 5.92 Å². The van der Waals surface area contributed by atoms with Gasteiger partial charge in [0.15, 0.2) is 0 Å². The second-order valence-corrected chi connectivity index (χ2v) is 5.98. The van der Waals surface area contributed by atoms with Crippen LogP contribution in [0, 0.1) is 17.6 Å². The highest BCUT2D eigenvalue weighted by molar-refractivity contribution is 5.22. The SMILES string of the molecule is CC(C)CC[C@@H](c1cc(F)cc(F)c1)N1CCNCC1. The maximum absolute atomic E-state index is 13.5. The van der Waals surface area contributed by atoms with Gasteiger partial charge in [0.05, 0.1) is 0 Å². The lowest BCUT2D eigenvalue weighted by atomic mass is 9.95. The van der Waals surface area contributed by atoms with Gasteiger partial charge >= 0.3 is 0 Å². The van der Waals surface area contributed by atoms with Gasteiger partial charge in [0.2, 0.25) is 0 Å². The first kappa shape index (κ1) is 15.4. The van der Waals surface area contributed by atoms with Crippen LogP contribution in [0.4, 0.5) is 8.78 Å². The Morgan fingerprint density at radius 2 is 1.65 bits per heavy atom. The lowest BCUT2D eigenvalue weighted by molar-refractivity contribution is 0.159. The molecule has 0 bridgehead atoms. The number of halogens is 2. The van der Waals surface area contributed by atoms with Crippen LogP contribution in [0.5, 0.6) is 0 Å². The fourth-order valence-corrected chi connectivity index (χ4v) is 2.81. The molecule has 0 radical (unpaired) electrons. The summed E-state index contributed by atoms with van der Waals surface area (Å²) in [6.45, 7) is 8.11. The lowest BCUT2D eigenvalue weighted by Crippen LogP contribution is -2.45. The molecule has 20 heavy (non-hydrogen) atoms. The molecule has 0 aromatic heterocycles. The minimum atomic E-state index is -0.482. The van der Waals surface area contributed by atoms with Gasteiger partial charge in [-0.1, -0.05) is 13.8 Å². The van der Waals surface area contributed by atoms with Crippen molar-refractivity contribution in [2.75, 3.05) is 26.2 Å². The van der Waals surface area contributed by atoms with E-state index in [-0.39, 0.29) is 6.04 Å². The predicted molar refractivity (Wildman–Crippen MR) is 77.6 cm³/mol. The Balaban J connectivity index is 2.19. The zero-order valence-electron chi connectivity index (χ0n) is 12.3. The molecule has 1 aromatic carbocycles. The normalized spacial score (nSPS) is 18.4. The standard InChI is InChI=1S/C16H24F2N2/c1-12(2)3-4-16(20-7-5-19-6-8-20)13-9-14(17)11-15(18)10-13/h9-12,16,19H,3-8H2,1-2H3/t16-/m0/s1. The predicted octanol–water partition coefficient (Wildman–Crippen LogP) is 3.35. The van der Waals surface area contributed by atoms with E-state index in [9.17, 15) is 8.78 Å². The maximum atomic E-state index is 13.5. The van der Waals surface area contributed by atoms with Gasteiger partial charge in [-0.05, 0) is 36.5 Å². The minimum Gasteiger partial charge on any atom is -0.314 e. The molecular weight excluding hydrogens is 258 g/mol. The summed E-state index contributed by atoms with van der Waals surface area (Å²) in [5.74, 6) is -0.367. The summed E-state index contributed by atoms with van der Waals surface area (Å²) in [4.78, 5) is 2.34. The van der Waals surface area contributed by atoms with Gasteiger partial charge < -0.3 is 5.32 Å². The van der Waals surface area contributed by atoms with Gasteiger partial charge in [0.1, 0.15) is 11.6 Å². The van der Waals surface area contributed by atoms with Crippen LogP contribution in [0.2, 0.25) is 0 Å². The van der Waals surface area contributed by atoms with Gasteiger partial charge in [-0.3, -0.25) is 4.90 Å². The van der Waals surface area contributed by atoms with Crippen molar-refractivity contribution in [1.82, 2.24) is 10.2 Å². The highest BCUT2D eigenvalue weighted by Crippen LogP contribution is 2.28. The van der Waals surface area contributed by atoms with Crippen LogP contribution < -0.4 is 5.32 Å². The molecule has 1 aliphatic heterocycles. The monoisotopic (exact) mass is 282 g/mol. The number of benzene rings is 1. The fourth-order valence-electron chi connectivity index (χ4n) is 2.81. The molecule has 1 fully saturated rings. The Morgan fingerprint density at radius 1 is 1.05 bits per heavy atom. The Bertz CT molecular complexity index is 408. The second-order valence-electron chi connectivity index (χ2n) is 5.98. The summed E-state index contributed by atoms with van der Waals surface area (Å²) >= 11 is 0. The maximum Gasteiger partial charge on any atom is 0.126 e. The van der Waals surface area contributed by atoms with Crippen LogP contribution >= 0.6 is 0 Å². The first-order valence-electron chi connectivity index (χ1n) is 7.47. The van der Waals surface area contributed by atoms with E-state index >= 15 is 0 Å². The van der Waals surface area contributed by atoms with Gasteiger partial charge in [-0.25, -0.2) is 8.78 Å². The topological polar surface area (TPSA) is 15.3 Å². The highest BCUT2D eigenvalue weighted by Gasteiger charge is 2.23. The van der Waals surface area contributed by atoms with Crippen molar-refractivity contribution in [2.45, 2.75) is 32.7 Å². The summed E-state index contributed by atoms with van der Waals surface area (Å²) < 4.78 is 27.0. The molecule has 2 rings (SSSR count). The molecule has 0 saturated carbocycles. The molecule has 0 aliphatic carbocycles. The number of hydrogen-bond donors (Lipinski definition) is 1. The molecule has 0 unspecified atom stereocenters. The van der Waals surface area contributed by atoms with E-state index in [2.05, 4.69) is 24.1 Å². The third-order valence-electron chi connectivity index (χ3n) is 3.88. The molecule has 1 aromatic rings. The van der Waals surface area contributed by atoms with Gasteiger partial charge in [0.25, 0.3) is 0 Å². The van der Waals surface area contributed by atoms with Crippen LogP contribution in [-0.4, -0.2) is 31.1 Å². The Kier molecular flexibility index (Phi) is 5.49. The van der Waals surface area contributed by atoms with Crippen molar-refractivity contribution in [1.29, 1.82) is 0 Å². The molecule has 1 atom stereocenters. The van der Waals surface area contributed by atoms with Crippen LogP contribution in [0.25, 0.3) is 0 Å². The Labute approximate surface area is 120 Å². The molecular formula is C16H24F2N2. The summed E-state index contributed by atoms with van der Waals surface area (Å²) in [5.41, 5.74) is 0.769. The largest absolute Gasteiger partial charge is 0.314 e. The van der Waals surface area contributed by atoms with E-state index in [1.165, 1.54) is 12.1 Å². The number of hydrogen-bond acceptors (Lipinski definition) is 2. The van der Waals surface area contributed by atoms with Gasteiger partial charge in [-0.15, -0.1) is 0 Å². The summed E-state index contributed by atoms with van der Waals surface area (Å²) in [6, 6.07) is 4.03. The number of rotatable bonds is 5. The van der Waals surface area contributed by atoms with Crippen LogP contribution in [-0.2, 0) is 0 Å². The third kappa shape index (κ3) is 4.25. The molecule has 0 amide bonds. The number of piperazine rings is 1. The van der Waals surface area contributed by atoms with Crippen LogP contribution in [0.1, 0.15) is 38.3 Å². The van der Waals surface area contributed by atoms with Crippen molar-refractivity contribution in [2.24, 2.45) is 5.92 Å². The lowest BCUT2D eigenvalue weighted by Gasteiger charge is -2.35. The van der Waals surface area contributed by atoms with E-state index in [1.54, 1.807) is 0 Å². The summed E-state index contributed by atoms with van der Waals surface area (Å²) in [5, 5.41) is 3.32. The average molecular weight is 282 g/mol. The Hall–Kier alpha value is -1.00. The molecule has 1 aliphatic rings. The molecule has 2 nitrogen and oxygen atoms in total. The minimum absolute atomic E-state index is 0.115. The summed E-state index contributed by atoms with van der Waals surface area (Å²) in [6.07, 6.45) is 2.01. The molecule has 112 valence electrons. The quantitative estimate of drug-likeness (QED) is 0.891. The van der Waals surface area contributed by atoms with E-state index < -0.39 is 11.6 Å². The highest BCUT2D eigenvalue weighted by atomic mass is 19.1. The summed E-state index contributed by atoms with van der Waals surface area (Å²) in [7, 11) is 0. The van der Waals surface area contributed by atoms with Crippen molar-refractivity contribution in [3.63, 3.8) is 0 Å². The molecule has 4 heteroatoms. The molecule has 1 N–H and O–H groups in total. The van der Waals surface area contributed by atoms with E-state index in [4.69, 9.17) is 0 Å². The van der Waals surface area contributed by atoms with Crippen molar-refractivity contribution < 1.29 is 8.78 Å². The number of nitrogens with zero attached hydrogens (tertiary/aromatic N) is 1. The van der Waals surface area contributed by atoms with Crippen LogP contribution in [0.15, 0.2) is 18.2 Å². The first-order valence-corrected chi connectivity index (χ1v) is 7.47. The van der Waals surface area contributed by atoms with Crippen molar-refractivity contribution in [3.05, 3.63) is 35.4 Å². The fraction of sp³-hybridized carbons (Fsp3) is 0.625. The van der Waals surface area contributed by atoms with Gasteiger partial charge in [-0.2, -0.15) is 0 Å². The number of nitrogens with one attached hydrogen (secondary N) is 1. The van der Waals surface area contributed by atoms with Crippen LogP contribution in [0.3, 0.4) is 0 Å². The zero-order chi connectivity index (χ0) is 14.5. The van der Waals surface area contributed by atoms with Crippen molar-refractivity contribution >= 4 is 0 Å². The molecule has 1 heterocycles. The zero-order valence-corrected chi connectivity index (χ0v) is 12.3. The van der Waals surface area contributed by atoms with E-state index in [0.717, 1.165) is 50.7 Å². The first-order chi connectivity index (χ1) is 9.56. The van der Waals surface area contributed by atoms with Gasteiger partial charge in [0, 0.05) is 38.3 Å². The smallest absolute Gasteiger partial charge is 0.126 e. The van der Waals surface area contributed by atoms with E-state index in [1.807, 2.05) is 0 Å². The molecule has 0 spiro atoms. The second kappa shape index (κ2) is 7.14. The Morgan fingerprint density at radius 3 is 2.20 bits per heavy atom.